The number of furan rings is 1. The first-order chi connectivity index (χ1) is 30.7. The van der Waals surface area contributed by atoms with Crippen LogP contribution in [0.4, 0.5) is 0 Å². The minimum Gasteiger partial charge on any atom is -0.479 e. The Hall–Kier alpha value is -6.22. The largest absolute Gasteiger partial charge is 0.479 e. The van der Waals surface area contributed by atoms with Crippen LogP contribution in [0, 0.1) is 6.92 Å². The molecule has 3 aliphatic heterocycles. The number of hydrogen-bond donors (Lipinski definition) is 1. The zero-order valence-electron chi connectivity index (χ0n) is 37.1. The summed E-state index contributed by atoms with van der Waals surface area (Å²) in [6.07, 6.45) is 23.1. The molecule has 6 aromatic rings. The van der Waals surface area contributed by atoms with Crippen LogP contribution < -0.4 is 5.32 Å². The van der Waals surface area contributed by atoms with Gasteiger partial charge in [0, 0.05) is 60.5 Å². The number of ether oxygens (including phenoxy) is 1. The van der Waals surface area contributed by atoms with Crippen LogP contribution in [0.15, 0.2) is 130 Å². The van der Waals surface area contributed by atoms with Crippen molar-refractivity contribution in [3.05, 3.63) is 149 Å². The Bertz CT molecular complexity index is 2740. The topological polar surface area (TPSA) is 110 Å². The van der Waals surface area contributed by atoms with Crippen LogP contribution in [0.1, 0.15) is 91.8 Å². The molecule has 9 nitrogen and oxygen atoms in total. The van der Waals surface area contributed by atoms with Crippen LogP contribution in [0.2, 0.25) is 0 Å². The van der Waals surface area contributed by atoms with Gasteiger partial charge in [0.1, 0.15) is 24.2 Å². The summed E-state index contributed by atoms with van der Waals surface area (Å²) in [6, 6.07) is 25.9. The summed E-state index contributed by atoms with van der Waals surface area (Å²) in [5.74, 6) is 2.89. The maximum absolute atomic E-state index is 5.67. The van der Waals surface area contributed by atoms with E-state index in [0.717, 1.165) is 87.6 Å². The normalized spacial score (nSPS) is 23.8. The number of hydrogen-bond acceptors (Lipinski definition) is 9. The Morgan fingerprint density at radius 1 is 0.587 bits per heavy atom. The molecule has 0 radical (unpaired) electrons. The van der Waals surface area contributed by atoms with E-state index in [4.69, 9.17) is 19.1 Å². The summed E-state index contributed by atoms with van der Waals surface area (Å²) >= 11 is 0. The molecule has 9 heteroatoms. The molecule has 3 aromatic carbocycles. The fourth-order valence-electron chi connectivity index (χ4n) is 11.1. The molecule has 1 N–H and O–H groups in total. The van der Waals surface area contributed by atoms with Crippen molar-refractivity contribution in [1.82, 2.24) is 20.3 Å². The third kappa shape index (κ3) is 8.26. The van der Waals surface area contributed by atoms with Crippen molar-refractivity contribution in [2.45, 2.75) is 115 Å². The molecule has 0 unspecified atom stereocenters. The van der Waals surface area contributed by atoms with E-state index in [1.807, 2.05) is 43.8 Å². The molecule has 63 heavy (non-hydrogen) atoms. The maximum atomic E-state index is 5.67. The molecule has 3 aliphatic carbocycles. The van der Waals surface area contributed by atoms with Crippen LogP contribution in [-0.4, -0.2) is 62.2 Å². The molecule has 0 bridgehead atoms. The maximum Gasteiger partial charge on any atom is 0.180 e. The highest BCUT2D eigenvalue weighted by Crippen LogP contribution is 2.43. The lowest BCUT2D eigenvalue weighted by Crippen LogP contribution is -2.49. The van der Waals surface area contributed by atoms with E-state index in [1.165, 1.54) is 86.2 Å². The first-order valence-corrected chi connectivity index (χ1v) is 22.7. The number of fused-ring (bicyclic) bond motifs is 3. The quantitative estimate of drug-likeness (QED) is 0.190. The van der Waals surface area contributed by atoms with E-state index >= 15 is 0 Å². The molecule has 0 amide bonds. The van der Waals surface area contributed by atoms with Gasteiger partial charge in [-0.3, -0.25) is 15.0 Å². The van der Waals surface area contributed by atoms with Gasteiger partial charge in [0.15, 0.2) is 5.90 Å². The molecular weight excluding hydrogens is 779 g/mol. The smallest absolute Gasteiger partial charge is 0.180 e. The van der Waals surface area contributed by atoms with Gasteiger partial charge in [0.25, 0.3) is 0 Å². The lowest BCUT2D eigenvalue weighted by molar-refractivity contribution is 0.236. The summed E-state index contributed by atoms with van der Waals surface area (Å²) in [7, 11) is 0. The van der Waals surface area contributed by atoms with Crippen LogP contribution in [0.3, 0.4) is 0 Å². The first kappa shape index (κ1) is 40.8. The van der Waals surface area contributed by atoms with E-state index in [-0.39, 0.29) is 16.6 Å². The van der Waals surface area contributed by atoms with Gasteiger partial charge in [0.2, 0.25) is 0 Å². The van der Waals surface area contributed by atoms with Gasteiger partial charge in [0.05, 0.1) is 29.7 Å². The fourth-order valence-corrected chi connectivity index (χ4v) is 11.1. The molecular formula is C54H57N7O2. The van der Waals surface area contributed by atoms with Gasteiger partial charge < -0.3 is 14.5 Å². The summed E-state index contributed by atoms with van der Waals surface area (Å²) in [5, 5.41) is 3.59. The molecule has 12 rings (SSSR count). The fraction of sp³-hybridized carbons (Fsp3) is 0.370. The van der Waals surface area contributed by atoms with Gasteiger partial charge in [-0.1, -0.05) is 54.6 Å². The standard InChI is InChI=1S/C19H20N2O.C18H19N3.C17H18N2O/c1-13-7-9-20-11-18(13)16-5-3-4-15-6-8-19(10-17(15)16)12-22-14(2)21-19;1-13-5-7-18(21-13)8-6-17-14(9-18)3-2-4-16(17)15-10-19-12-20-11-15;1-12-18-11-17(19-12)8-7-14-13(10-17)4-2-5-15(14)16-6-3-9-20-16/h3-5,7,9,11H,6,8,10,12H2,1-2H3;2-4,10-12H,5-9H2,1H3;2-6,9H,7-8,10-11H2,1H3,(H,18,19)/t19-;18-;17-/m011/s1. The van der Waals surface area contributed by atoms with Crippen molar-refractivity contribution in [3.8, 4) is 33.6 Å². The third-order valence-corrected chi connectivity index (χ3v) is 14.3. The lowest BCUT2D eigenvalue weighted by atomic mass is 9.75. The lowest BCUT2D eigenvalue weighted by Gasteiger charge is -2.35. The molecule has 3 aromatic heterocycles. The number of nitrogens with one attached hydrogen (secondary N) is 1. The molecule has 3 atom stereocenters. The monoisotopic (exact) mass is 835 g/mol. The minimum absolute atomic E-state index is 0.0523. The number of amidine groups is 1. The van der Waals surface area contributed by atoms with Gasteiger partial charge in [-0.05, 0) is 153 Å². The molecule has 6 aliphatic rings. The highest BCUT2D eigenvalue weighted by Gasteiger charge is 2.41. The van der Waals surface area contributed by atoms with Crippen LogP contribution in [0.5, 0.6) is 0 Å². The van der Waals surface area contributed by atoms with Crippen molar-refractivity contribution < 1.29 is 9.15 Å². The van der Waals surface area contributed by atoms with E-state index in [0.29, 0.717) is 0 Å². The van der Waals surface area contributed by atoms with Crippen molar-refractivity contribution >= 4 is 17.4 Å². The number of rotatable bonds is 3. The second-order valence-corrected chi connectivity index (χ2v) is 18.7. The van der Waals surface area contributed by atoms with Gasteiger partial charge in [-0.15, -0.1) is 0 Å². The average molecular weight is 836 g/mol. The van der Waals surface area contributed by atoms with E-state index < -0.39 is 0 Å². The Balaban J connectivity index is 0.000000112. The Morgan fingerprint density at radius 2 is 1.32 bits per heavy atom. The van der Waals surface area contributed by atoms with Gasteiger partial charge in [-0.25, -0.2) is 15.0 Å². The molecule has 6 heterocycles. The zero-order valence-corrected chi connectivity index (χ0v) is 37.1. The zero-order chi connectivity index (χ0) is 43.0. The average Bonchev–Trinajstić information content (AvgIpc) is 4.12. The summed E-state index contributed by atoms with van der Waals surface area (Å²) in [6.45, 7) is 9.96. The second-order valence-electron chi connectivity index (χ2n) is 18.7. The van der Waals surface area contributed by atoms with Crippen LogP contribution >= 0.6 is 0 Å². The number of aryl methyl sites for hydroxylation is 2. The predicted molar refractivity (Wildman–Crippen MR) is 253 cm³/mol. The van der Waals surface area contributed by atoms with Crippen molar-refractivity contribution in [3.63, 3.8) is 0 Å². The van der Waals surface area contributed by atoms with Crippen molar-refractivity contribution in [2.75, 3.05) is 13.2 Å². The van der Waals surface area contributed by atoms with Crippen LogP contribution in [0.25, 0.3) is 33.6 Å². The number of pyridine rings is 1. The molecule has 0 saturated carbocycles. The molecule has 3 spiro atoms. The second kappa shape index (κ2) is 16.8. The van der Waals surface area contributed by atoms with Crippen LogP contribution in [-0.2, 0) is 43.3 Å². The molecule has 0 fully saturated rings. The number of benzene rings is 3. The summed E-state index contributed by atoms with van der Waals surface area (Å²) in [5.41, 5.74) is 17.8. The van der Waals surface area contributed by atoms with E-state index in [1.54, 1.807) is 12.6 Å². The summed E-state index contributed by atoms with van der Waals surface area (Å²) < 4.78 is 11.2. The Morgan fingerprint density at radius 3 is 2.03 bits per heavy atom. The van der Waals surface area contributed by atoms with E-state index in [9.17, 15) is 0 Å². The minimum atomic E-state index is -0.0523. The van der Waals surface area contributed by atoms with E-state index in [2.05, 4.69) is 107 Å². The van der Waals surface area contributed by atoms with Crippen molar-refractivity contribution in [1.29, 1.82) is 0 Å². The van der Waals surface area contributed by atoms with Gasteiger partial charge in [-0.2, -0.15) is 0 Å². The number of nitrogens with zero attached hydrogens (tertiary/aromatic N) is 6. The Labute approximate surface area is 371 Å². The highest BCUT2D eigenvalue weighted by molar-refractivity contribution is 5.84. The number of aromatic nitrogens is 3. The molecule has 0 saturated heterocycles. The van der Waals surface area contributed by atoms with Gasteiger partial charge >= 0.3 is 0 Å². The SMILES string of the molecule is CC1=NC[C@]2(CCc3c(cccc3-c3ccco3)C2)N1.CC1=N[C@]2(CC1)CCc1c(cccc1-c1cncnc1)C2.CC1=N[C@]2(CCc3cccc(-c4cnccc4C)c3C2)CO1. The Kier molecular flexibility index (Phi) is 10.9. The van der Waals surface area contributed by atoms with Crippen molar-refractivity contribution in [2.24, 2.45) is 15.0 Å². The predicted octanol–water partition coefficient (Wildman–Crippen LogP) is 10.6. The first-order valence-electron chi connectivity index (χ1n) is 22.7. The third-order valence-electron chi connectivity index (χ3n) is 14.3. The number of aliphatic imine (C=N–C) groups is 3. The highest BCUT2D eigenvalue weighted by atomic mass is 16.5. The summed E-state index contributed by atoms with van der Waals surface area (Å²) in [4.78, 5) is 27.0. The molecule has 320 valence electrons.